The number of imidazole rings is 1. The van der Waals surface area contributed by atoms with Gasteiger partial charge in [0.2, 0.25) is 0 Å². The molecule has 0 unspecified atom stereocenters. The largest absolute Gasteiger partial charge is 0.384 e. The van der Waals surface area contributed by atoms with E-state index < -0.39 is 0 Å². The van der Waals surface area contributed by atoms with E-state index in [2.05, 4.69) is 16.4 Å². The second kappa shape index (κ2) is 6.02. The van der Waals surface area contributed by atoms with E-state index in [0.717, 1.165) is 12.2 Å². The van der Waals surface area contributed by atoms with Gasteiger partial charge in [0.1, 0.15) is 11.9 Å². The van der Waals surface area contributed by atoms with Crippen molar-refractivity contribution < 1.29 is 4.79 Å². The van der Waals surface area contributed by atoms with Gasteiger partial charge in [0, 0.05) is 38.0 Å². The first kappa shape index (κ1) is 13.8. The summed E-state index contributed by atoms with van der Waals surface area (Å²) in [5.41, 5.74) is 1.83. The second-order valence-corrected chi connectivity index (χ2v) is 4.56. The molecule has 1 aromatic carbocycles. The topological polar surface area (TPSA) is 70.7 Å². The zero-order valence-electron chi connectivity index (χ0n) is 11.6. The number of benzene rings is 1. The van der Waals surface area contributed by atoms with Crippen LogP contribution in [0.1, 0.15) is 28.7 Å². The fraction of sp³-hybridized carbons (Fsp3) is 0.267. The van der Waals surface area contributed by atoms with Gasteiger partial charge in [-0.2, -0.15) is 5.26 Å². The van der Waals surface area contributed by atoms with Gasteiger partial charge in [0.05, 0.1) is 11.3 Å². The molecule has 102 valence electrons. The number of hydrogen-bond donors (Lipinski definition) is 1. The van der Waals surface area contributed by atoms with Crippen LogP contribution in [0.15, 0.2) is 30.6 Å². The van der Waals surface area contributed by atoms with E-state index in [9.17, 15) is 4.79 Å². The van der Waals surface area contributed by atoms with Crippen LogP contribution in [0.3, 0.4) is 0 Å². The summed E-state index contributed by atoms with van der Waals surface area (Å²) in [5.74, 6) is 0.959. The first-order chi connectivity index (χ1) is 9.61. The molecular formula is C15H16N4O. The lowest BCUT2D eigenvalue weighted by Gasteiger charge is -2.09. The molecule has 1 N–H and O–H groups in total. The van der Waals surface area contributed by atoms with E-state index in [0.29, 0.717) is 23.4 Å². The minimum Gasteiger partial charge on any atom is -0.384 e. The van der Waals surface area contributed by atoms with Crippen molar-refractivity contribution in [1.82, 2.24) is 9.55 Å². The van der Waals surface area contributed by atoms with Gasteiger partial charge in [-0.3, -0.25) is 4.79 Å². The second-order valence-electron chi connectivity index (χ2n) is 4.56. The van der Waals surface area contributed by atoms with Crippen LogP contribution in [-0.4, -0.2) is 21.9 Å². The molecule has 0 radical (unpaired) electrons. The Morgan fingerprint density at radius 2 is 2.30 bits per heavy atom. The third-order valence-corrected chi connectivity index (χ3v) is 3.13. The molecule has 20 heavy (non-hydrogen) atoms. The van der Waals surface area contributed by atoms with Crippen molar-refractivity contribution in [3.63, 3.8) is 0 Å². The Bertz CT molecular complexity index is 667. The van der Waals surface area contributed by atoms with Crippen molar-refractivity contribution in [3.05, 3.63) is 47.5 Å². The molecule has 0 spiro atoms. The van der Waals surface area contributed by atoms with Crippen molar-refractivity contribution in [2.45, 2.75) is 13.3 Å². The number of nitrogens with one attached hydrogen (secondary N) is 1. The first-order valence-electron chi connectivity index (χ1n) is 6.37. The highest BCUT2D eigenvalue weighted by atomic mass is 16.1. The summed E-state index contributed by atoms with van der Waals surface area (Å²) in [6, 6.07) is 7.18. The summed E-state index contributed by atoms with van der Waals surface area (Å²) in [4.78, 5) is 15.6. The maximum atomic E-state index is 11.4. The summed E-state index contributed by atoms with van der Waals surface area (Å²) in [6.07, 6.45) is 4.40. The molecule has 0 aliphatic rings. The van der Waals surface area contributed by atoms with Crippen LogP contribution >= 0.6 is 0 Å². The lowest BCUT2D eigenvalue weighted by Crippen LogP contribution is -2.10. The van der Waals surface area contributed by atoms with E-state index in [4.69, 9.17) is 5.26 Å². The molecule has 5 nitrogen and oxygen atoms in total. The van der Waals surface area contributed by atoms with Crippen molar-refractivity contribution in [2.75, 3.05) is 11.9 Å². The molecule has 0 bridgehead atoms. The van der Waals surface area contributed by atoms with Crippen LogP contribution < -0.4 is 5.32 Å². The quantitative estimate of drug-likeness (QED) is 0.843. The number of nitriles is 1. The molecule has 0 atom stereocenters. The summed E-state index contributed by atoms with van der Waals surface area (Å²) in [6.45, 7) is 2.17. The number of carbonyl (C=O) groups is 1. The lowest BCUT2D eigenvalue weighted by atomic mass is 10.1. The van der Waals surface area contributed by atoms with Gasteiger partial charge in [-0.25, -0.2) is 4.98 Å². The van der Waals surface area contributed by atoms with Crippen molar-refractivity contribution in [1.29, 1.82) is 5.26 Å². The Morgan fingerprint density at radius 1 is 1.50 bits per heavy atom. The summed E-state index contributed by atoms with van der Waals surface area (Å²) in [7, 11) is 1.94. The molecule has 0 amide bonds. The SMILES string of the molecule is CC(=O)c1ccc(C#N)c(NCCc2nccn2C)c1. The number of carbonyl (C=O) groups excluding carboxylic acids is 1. The molecule has 0 saturated carbocycles. The predicted molar refractivity (Wildman–Crippen MR) is 76.6 cm³/mol. The number of rotatable bonds is 5. The van der Waals surface area contributed by atoms with Gasteiger partial charge < -0.3 is 9.88 Å². The molecule has 1 aromatic heterocycles. The zero-order valence-corrected chi connectivity index (χ0v) is 11.6. The van der Waals surface area contributed by atoms with Gasteiger partial charge in [0.25, 0.3) is 0 Å². The zero-order chi connectivity index (χ0) is 14.5. The fourth-order valence-electron chi connectivity index (χ4n) is 1.95. The number of hydrogen-bond acceptors (Lipinski definition) is 4. The summed E-state index contributed by atoms with van der Waals surface area (Å²) >= 11 is 0. The third kappa shape index (κ3) is 3.04. The van der Waals surface area contributed by atoms with Crippen LogP contribution in [0.5, 0.6) is 0 Å². The monoisotopic (exact) mass is 268 g/mol. The molecule has 1 heterocycles. The van der Waals surface area contributed by atoms with Gasteiger partial charge >= 0.3 is 0 Å². The normalized spacial score (nSPS) is 10.1. The van der Waals surface area contributed by atoms with Gasteiger partial charge in [-0.1, -0.05) is 0 Å². The van der Waals surface area contributed by atoms with E-state index in [1.54, 1.807) is 24.4 Å². The smallest absolute Gasteiger partial charge is 0.159 e. The van der Waals surface area contributed by atoms with Crippen molar-refractivity contribution in [2.24, 2.45) is 7.05 Å². The molecule has 0 aliphatic carbocycles. The Balaban J connectivity index is 2.08. The average molecular weight is 268 g/mol. The Morgan fingerprint density at radius 3 is 2.90 bits per heavy atom. The molecule has 2 aromatic rings. The molecule has 2 rings (SSSR count). The first-order valence-corrected chi connectivity index (χ1v) is 6.37. The molecule has 0 aliphatic heterocycles. The van der Waals surface area contributed by atoms with E-state index in [1.807, 2.05) is 17.8 Å². The average Bonchev–Trinajstić information content (AvgIpc) is 2.84. The molecule has 0 fully saturated rings. The number of aryl methyl sites for hydroxylation is 1. The molecule has 0 saturated heterocycles. The fourth-order valence-corrected chi connectivity index (χ4v) is 1.95. The molecular weight excluding hydrogens is 252 g/mol. The highest BCUT2D eigenvalue weighted by molar-refractivity contribution is 5.95. The number of aromatic nitrogens is 2. The Hall–Kier alpha value is -2.61. The van der Waals surface area contributed by atoms with Crippen LogP contribution in [0.25, 0.3) is 0 Å². The van der Waals surface area contributed by atoms with Gasteiger partial charge in [0.15, 0.2) is 5.78 Å². The van der Waals surface area contributed by atoms with Crippen molar-refractivity contribution >= 4 is 11.5 Å². The highest BCUT2D eigenvalue weighted by Crippen LogP contribution is 2.17. The number of Topliss-reactive ketones (excluding diaryl/α,β-unsaturated/α-hetero) is 1. The Kier molecular flexibility index (Phi) is 4.16. The van der Waals surface area contributed by atoms with E-state index in [-0.39, 0.29) is 5.78 Å². The van der Waals surface area contributed by atoms with Crippen LogP contribution in [0.2, 0.25) is 0 Å². The number of anilines is 1. The lowest BCUT2D eigenvalue weighted by molar-refractivity contribution is 0.101. The Labute approximate surface area is 117 Å². The summed E-state index contributed by atoms with van der Waals surface area (Å²) < 4.78 is 1.96. The standard InChI is InChI=1S/C15H16N4O/c1-11(20)12-3-4-13(10-16)14(9-12)17-6-5-15-18-7-8-19(15)2/h3-4,7-9,17H,5-6H2,1-2H3. The van der Waals surface area contributed by atoms with Crippen molar-refractivity contribution in [3.8, 4) is 6.07 Å². The third-order valence-electron chi connectivity index (χ3n) is 3.13. The van der Waals surface area contributed by atoms with E-state index >= 15 is 0 Å². The number of nitrogens with zero attached hydrogens (tertiary/aromatic N) is 3. The van der Waals surface area contributed by atoms with Crippen LogP contribution in [0, 0.1) is 11.3 Å². The maximum absolute atomic E-state index is 11.4. The summed E-state index contributed by atoms with van der Waals surface area (Å²) in [5, 5.41) is 12.3. The minimum atomic E-state index is -0.0124. The maximum Gasteiger partial charge on any atom is 0.159 e. The minimum absolute atomic E-state index is 0.0124. The van der Waals surface area contributed by atoms with Crippen LogP contribution in [0.4, 0.5) is 5.69 Å². The van der Waals surface area contributed by atoms with Gasteiger partial charge in [-0.15, -0.1) is 0 Å². The van der Waals surface area contributed by atoms with Gasteiger partial charge in [-0.05, 0) is 25.1 Å². The predicted octanol–water partition coefficient (Wildman–Crippen LogP) is 2.15. The number of ketones is 1. The van der Waals surface area contributed by atoms with Crippen LogP contribution in [-0.2, 0) is 13.5 Å². The highest BCUT2D eigenvalue weighted by Gasteiger charge is 2.06. The molecule has 5 heteroatoms. The van der Waals surface area contributed by atoms with E-state index in [1.165, 1.54) is 6.92 Å².